The molecule has 0 radical (unpaired) electrons. The van der Waals surface area contributed by atoms with Crippen molar-refractivity contribution in [1.82, 2.24) is 14.9 Å². The lowest BCUT2D eigenvalue weighted by Gasteiger charge is -2.15. The van der Waals surface area contributed by atoms with Crippen molar-refractivity contribution < 1.29 is 0 Å². The van der Waals surface area contributed by atoms with Crippen molar-refractivity contribution in [2.24, 2.45) is 5.92 Å². The molecular weight excluding hydrogens is 198 g/mol. The molecule has 1 aromatic heterocycles. The van der Waals surface area contributed by atoms with Gasteiger partial charge in [0, 0.05) is 25.3 Å². The lowest BCUT2D eigenvalue weighted by atomic mass is 10.0. The van der Waals surface area contributed by atoms with E-state index >= 15 is 0 Å². The number of hydrogen-bond donors (Lipinski definition) is 1. The minimum Gasteiger partial charge on any atom is -0.334 e. The average molecular weight is 223 g/mol. The standard InChI is InChI=1S/C13H25N3/c1-5-16-10-14-8-13(16)9-15-12(4)7-6-11(2)3/h8,10-12,15H,5-7,9H2,1-4H3. The molecule has 1 rings (SSSR count). The second-order valence-electron chi connectivity index (χ2n) is 4.92. The van der Waals surface area contributed by atoms with Gasteiger partial charge in [-0.15, -0.1) is 0 Å². The van der Waals surface area contributed by atoms with E-state index in [1.165, 1.54) is 18.5 Å². The summed E-state index contributed by atoms with van der Waals surface area (Å²) in [6.07, 6.45) is 6.39. The van der Waals surface area contributed by atoms with Gasteiger partial charge in [-0.1, -0.05) is 13.8 Å². The second-order valence-corrected chi connectivity index (χ2v) is 4.92. The first-order chi connectivity index (χ1) is 7.63. The van der Waals surface area contributed by atoms with Gasteiger partial charge in [0.2, 0.25) is 0 Å². The van der Waals surface area contributed by atoms with Crippen LogP contribution in [0.15, 0.2) is 12.5 Å². The fourth-order valence-corrected chi connectivity index (χ4v) is 1.74. The Hall–Kier alpha value is -0.830. The first-order valence-corrected chi connectivity index (χ1v) is 6.35. The second kappa shape index (κ2) is 6.69. The molecule has 0 aromatic carbocycles. The monoisotopic (exact) mass is 223 g/mol. The fraction of sp³-hybridized carbons (Fsp3) is 0.769. The van der Waals surface area contributed by atoms with Gasteiger partial charge in [0.15, 0.2) is 0 Å². The van der Waals surface area contributed by atoms with Crippen LogP contribution in [0.2, 0.25) is 0 Å². The minimum atomic E-state index is 0.586. The normalized spacial score (nSPS) is 13.3. The SMILES string of the molecule is CCn1cncc1CNC(C)CCC(C)C. The van der Waals surface area contributed by atoms with Gasteiger partial charge in [0.05, 0.1) is 12.0 Å². The van der Waals surface area contributed by atoms with E-state index in [0.717, 1.165) is 19.0 Å². The maximum atomic E-state index is 4.17. The van der Waals surface area contributed by atoms with E-state index in [-0.39, 0.29) is 0 Å². The van der Waals surface area contributed by atoms with Crippen LogP contribution < -0.4 is 5.32 Å². The Bertz CT molecular complexity index is 291. The highest BCUT2D eigenvalue weighted by Crippen LogP contribution is 2.07. The van der Waals surface area contributed by atoms with Crippen LogP contribution in [0.1, 0.15) is 46.2 Å². The third kappa shape index (κ3) is 4.35. The van der Waals surface area contributed by atoms with Crippen LogP contribution in [0, 0.1) is 5.92 Å². The van der Waals surface area contributed by atoms with Crippen LogP contribution in [0.25, 0.3) is 0 Å². The topological polar surface area (TPSA) is 29.9 Å². The quantitative estimate of drug-likeness (QED) is 0.770. The molecule has 3 heteroatoms. The van der Waals surface area contributed by atoms with Crippen molar-refractivity contribution in [3.05, 3.63) is 18.2 Å². The Morgan fingerprint density at radius 2 is 2.06 bits per heavy atom. The van der Waals surface area contributed by atoms with Crippen molar-refractivity contribution >= 4 is 0 Å². The number of nitrogens with zero attached hydrogens (tertiary/aromatic N) is 2. The molecule has 3 nitrogen and oxygen atoms in total. The van der Waals surface area contributed by atoms with E-state index in [9.17, 15) is 0 Å². The molecule has 0 bridgehead atoms. The molecule has 16 heavy (non-hydrogen) atoms. The number of aromatic nitrogens is 2. The molecule has 1 unspecified atom stereocenters. The van der Waals surface area contributed by atoms with Gasteiger partial charge in [-0.3, -0.25) is 0 Å². The number of nitrogens with one attached hydrogen (secondary N) is 1. The summed E-state index contributed by atoms with van der Waals surface area (Å²) in [6.45, 7) is 10.9. The molecule has 0 aliphatic carbocycles. The van der Waals surface area contributed by atoms with Gasteiger partial charge < -0.3 is 9.88 Å². The largest absolute Gasteiger partial charge is 0.334 e. The molecule has 1 heterocycles. The summed E-state index contributed by atoms with van der Waals surface area (Å²) >= 11 is 0. The molecule has 0 fully saturated rings. The highest BCUT2D eigenvalue weighted by Gasteiger charge is 2.05. The van der Waals surface area contributed by atoms with E-state index in [1.54, 1.807) is 0 Å². The maximum Gasteiger partial charge on any atom is 0.0948 e. The molecule has 0 aliphatic rings. The van der Waals surface area contributed by atoms with Crippen LogP contribution >= 0.6 is 0 Å². The highest BCUT2D eigenvalue weighted by atomic mass is 15.1. The van der Waals surface area contributed by atoms with Crippen molar-refractivity contribution in [2.75, 3.05) is 0 Å². The van der Waals surface area contributed by atoms with Crippen LogP contribution in [0.5, 0.6) is 0 Å². The summed E-state index contributed by atoms with van der Waals surface area (Å²) in [6, 6.07) is 0.586. The smallest absolute Gasteiger partial charge is 0.0948 e. The fourth-order valence-electron chi connectivity index (χ4n) is 1.74. The molecule has 1 atom stereocenters. The van der Waals surface area contributed by atoms with E-state index in [0.29, 0.717) is 6.04 Å². The number of rotatable bonds is 7. The van der Waals surface area contributed by atoms with Gasteiger partial charge in [-0.2, -0.15) is 0 Å². The van der Waals surface area contributed by atoms with E-state index in [4.69, 9.17) is 0 Å². The number of aryl methyl sites for hydroxylation is 1. The third-order valence-electron chi connectivity index (χ3n) is 2.95. The lowest BCUT2D eigenvalue weighted by Crippen LogP contribution is -2.26. The summed E-state index contributed by atoms with van der Waals surface area (Å²) in [4.78, 5) is 4.17. The summed E-state index contributed by atoms with van der Waals surface area (Å²) in [5.74, 6) is 0.797. The molecule has 0 spiro atoms. The summed E-state index contributed by atoms with van der Waals surface area (Å²) in [5, 5.41) is 3.55. The van der Waals surface area contributed by atoms with Crippen molar-refractivity contribution in [3.63, 3.8) is 0 Å². The first kappa shape index (κ1) is 13.2. The van der Waals surface area contributed by atoms with Crippen LogP contribution in [-0.4, -0.2) is 15.6 Å². The minimum absolute atomic E-state index is 0.586. The predicted molar refractivity (Wildman–Crippen MR) is 68.3 cm³/mol. The van der Waals surface area contributed by atoms with Crippen LogP contribution in [-0.2, 0) is 13.1 Å². The first-order valence-electron chi connectivity index (χ1n) is 6.35. The van der Waals surface area contributed by atoms with E-state index in [1.807, 2.05) is 12.5 Å². The van der Waals surface area contributed by atoms with Crippen molar-refractivity contribution in [1.29, 1.82) is 0 Å². The zero-order chi connectivity index (χ0) is 12.0. The van der Waals surface area contributed by atoms with Gasteiger partial charge in [-0.05, 0) is 32.6 Å². The van der Waals surface area contributed by atoms with Crippen molar-refractivity contribution in [2.45, 2.75) is 59.7 Å². The number of hydrogen-bond acceptors (Lipinski definition) is 2. The molecule has 1 N–H and O–H groups in total. The number of imidazole rings is 1. The molecule has 0 amide bonds. The summed E-state index contributed by atoms with van der Waals surface area (Å²) in [5.41, 5.74) is 1.28. The predicted octanol–water partition coefficient (Wildman–Crippen LogP) is 2.82. The van der Waals surface area contributed by atoms with Gasteiger partial charge in [0.25, 0.3) is 0 Å². The Kier molecular flexibility index (Phi) is 5.53. The van der Waals surface area contributed by atoms with Crippen LogP contribution in [0.4, 0.5) is 0 Å². The Balaban J connectivity index is 2.28. The molecule has 0 saturated heterocycles. The van der Waals surface area contributed by atoms with E-state index < -0.39 is 0 Å². The third-order valence-corrected chi connectivity index (χ3v) is 2.95. The molecule has 1 aromatic rings. The highest BCUT2D eigenvalue weighted by molar-refractivity contribution is 4.97. The van der Waals surface area contributed by atoms with Gasteiger partial charge in [0.1, 0.15) is 0 Å². The molecular formula is C13H25N3. The zero-order valence-electron chi connectivity index (χ0n) is 11.0. The van der Waals surface area contributed by atoms with E-state index in [2.05, 4.69) is 42.6 Å². The lowest BCUT2D eigenvalue weighted by molar-refractivity contribution is 0.445. The Morgan fingerprint density at radius 1 is 1.31 bits per heavy atom. The molecule has 0 aliphatic heterocycles. The summed E-state index contributed by atoms with van der Waals surface area (Å²) in [7, 11) is 0. The molecule has 0 saturated carbocycles. The Labute approximate surface area is 99.3 Å². The Morgan fingerprint density at radius 3 is 2.69 bits per heavy atom. The summed E-state index contributed by atoms with van der Waals surface area (Å²) < 4.78 is 2.18. The van der Waals surface area contributed by atoms with Crippen molar-refractivity contribution in [3.8, 4) is 0 Å². The zero-order valence-corrected chi connectivity index (χ0v) is 11.0. The van der Waals surface area contributed by atoms with Gasteiger partial charge >= 0.3 is 0 Å². The average Bonchev–Trinajstić information content (AvgIpc) is 2.70. The van der Waals surface area contributed by atoms with Crippen LogP contribution in [0.3, 0.4) is 0 Å². The van der Waals surface area contributed by atoms with Gasteiger partial charge in [-0.25, -0.2) is 4.98 Å². The molecule has 92 valence electrons. The maximum absolute atomic E-state index is 4.17.